The zero-order chi connectivity index (χ0) is 7.40. The highest BCUT2D eigenvalue weighted by molar-refractivity contribution is 5.42. The predicted octanol–water partition coefficient (Wildman–Crippen LogP) is 1.91. The van der Waals surface area contributed by atoms with E-state index in [1.54, 1.807) is 6.20 Å². The largest absolute Gasteiger partial charge is 0.340 e. The fraction of sp³-hybridized carbons (Fsp3) is 0.286. The van der Waals surface area contributed by atoms with Crippen LogP contribution in [0.5, 0.6) is 0 Å². The lowest BCUT2D eigenvalue weighted by Gasteiger charge is -1.82. The van der Waals surface area contributed by atoms with Crippen molar-refractivity contribution in [2.45, 2.75) is 13.6 Å². The molecule has 1 aromatic rings. The Labute approximate surface area is 58.8 Å². The standard InChI is InChI=1S/C7H9FN2/c1-2-3-6-5-9-7(4-8)10-6/h2-3,5H,4H2,1H3,(H,9,10)/b3-2-. The molecule has 0 bridgehead atoms. The lowest BCUT2D eigenvalue weighted by molar-refractivity contribution is 0.468. The van der Waals surface area contributed by atoms with Gasteiger partial charge in [-0.2, -0.15) is 0 Å². The monoisotopic (exact) mass is 140 g/mol. The van der Waals surface area contributed by atoms with Crippen LogP contribution >= 0.6 is 0 Å². The van der Waals surface area contributed by atoms with Crippen LogP contribution in [0.3, 0.4) is 0 Å². The maximum atomic E-state index is 11.9. The third-order valence-electron chi connectivity index (χ3n) is 1.12. The molecule has 0 saturated heterocycles. The van der Waals surface area contributed by atoms with Crippen molar-refractivity contribution < 1.29 is 4.39 Å². The first-order chi connectivity index (χ1) is 4.86. The van der Waals surface area contributed by atoms with Crippen LogP contribution in [0.4, 0.5) is 4.39 Å². The molecule has 1 rings (SSSR count). The summed E-state index contributed by atoms with van der Waals surface area (Å²) < 4.78 is 11.9. The predicted molar refractivity (Wildman–Crippen MR) is 38.1 cm³/mol. The van der Waals surface area contributed by atoms with E-state index in [-0.39, 0.29) is 0 Å². The number of aromatic amines is 1. The first-order valence-electron chi connectivity index (χ1n) is 3.09. The molecule has 10 heavy (non-hydrogen) atoms. The van der Waals surface area contributed by atoms with E-state index in [1.165, 1.54) is 0 Å². The van der Waals surface area contributed by atoms with Crippen molar-refractivity contribution in [2.75, 3.05) is 0 Å². The fourth-order valence-electron chi connectivity index (χ4n) is 0.711. The van der Waals surface area contributed by atoms with E-state index in [9.17, 15) is 4.39 Å². The second-order valence-electron chi connectivity index (χ2n) is 1.92. The number of H-pyrrole nitrogens is 1. The lowest BCUT2D eigenvalue weighted by atomic mass is 10.4. The Hall–Kier alpha value is -1.12. The summed E-state index contributed by atoms with van der Waals surface area (Å²) in [6.45, 7) is 1.37. The quantitative estimate of drug-likeness (QED) is 0.667. The number of aromatic nitrogens is 2. The Morgan fingerprint density at radius 3 is 3.10 bits per heavy atom. The van der Waals surface area contributed by atoms with Gasteiger partial charge in [-0.15, -0.1) is 0 Å². The molecule has 0 aliphatic rings. The van der Waals surface area contributed by atoms with Crippen molar-refractivity contribution in [3.8, 4) is 0 Å². The SMILES string of the molecule is C/C=C\c1cnc(CF)[nH]1. The molecule has 0 spiro atoms. The molecule has 0 radical (unpaired) electrons. The molecule has 2 nitrogen and oxygen atoms in total. The Balaban J connectivity index is 2.78. The Morgan fingerprint density at radius 2 is 2.60 bits per heavy atom. The highest BCUT2D eigenvalue weighted by Crippen LogP contribution is 1.99. The van der Waals surface area contributed by atoms with Gasteiger partial charge in [-0.3, -0.25) is 0 Å². The zero-order valence-corrected chi connectivity index (χ0v) is 5.76. The van der Waals surface area contributed by atoms with E-state index < -0.39 is 6.67 Å². The summed E-state index contributed by atoms with van der Waals surface area (Å²) in [7, 11) is 0. The average Bonchev–Trinajstić information content (AvgIpc) is 2.37. The molecule has 0 saturated carbocycles. The van der Waals surface area contributed by atoms with E-state index in [2.05, 4.69) is 9.97 Å². The molecule has 0 aromatic carbocycles. The Bertz CT molecular complexity index is 227. The van der Waals surface area contributed by atoms with E-state index in [1.807, 2.05) is 19.1 Å². The molecule has 0 atom stereocenters. The third-order valence-corrected chi connectivity index (χ3v) is 1.12. The van der Waals surface area contributed by atoms with Gasteiger partial charge in [0.1, 0.15) is 12.5 Å². The number of hydrogen-bond acceptors (Lipinski definition) is 1. The van der Waals surface area contributed by atoms with Crippen molar-refractivity contribution in [2.24, 2.45) is 0 Å². The normalized spacial score (nSPS) is 11.0. The van der Waals surface area contributed by atoms with Gasteiger partial charge in [0.15, 0.2) is 0 Å². The average molecular weight is 140 g/mol. The number of imidazole rings is 1. The summed E-state index contributed by atoms with van der Waals surface area (Å²) in [6.07, 6.45) is 5.32. The number of alkyl halides is 1. The summed E-state index contributed by atoms with van der Waals surface area (Å²) in [4.78, 5) is 6.56. The van der Waals surface area contributed by atoms with Crippen LogP contribution < -0.4 is 0 Å². The highest BCUT2D eigenvalue weighted by Gasteiger charge is 1.94. The van der Waals surface area contributed by atoms with Crippen LogP contribution in [-0.2, 0) is 6.67 Å². The van der Waals surface area contributed by atoms with Crippen molar-refractivity contribution in [3.05, 3.63) is 23.8 Å². The van der Waals surface area contributed by atoms with Crippen LogP contribution in [0.2, 0.25) is 0 Å². The van der Waals surface area contributed by atoms with Crippen molar-refractivity contribution in [1.29, 1.82) is 0 Å². The number of nitrogens with zero attached hydrogens (tertiary/aromatic N) is 1. The molecule has 0 amide bonds. The van der Waals surface area contributed by atoms with Gasteiger partial charge in [0.25, 0.3) is 0 Å². The van der Waals surface area contributed by atoms with Gasteiger partial charge in [-0.05, 0) is 13.0 Å². The molecule has 54 valence electrons. The minimum atomic E-state index is -0.530. The molecule has 0 fully saturated rings. The van der Waals surface area contributed by atoms with Gasteiger partial charge in [0.05, 0.1) is 11.9 Å². The summed E-state index contributed by atoms with van der Waals surface area (Å²) in [5.41, 5.74) is 0.843. The van der Waals surface area contributed by atoms with Crippen LogP contribution in [0.1, 0.15) is 18.4 Å². The fourth-order valence-corrected chi connectivity index (χ4v) is 0.711. The number of rotatable bonds is 2. The van der Waals surface area contributed by atoms with Gasteiger partial charge in [-0.25, -0.2) is 9.37 Å². The molecular formula is C7H9FN2. The topological polar surface area (TPSA) is 28.7 Å². The smallest absolute Gasteiger partial charge is 0.147 e. The summed E-state index contributed by atoms with van der Waals surface area (Å²) in [6, 6.07) is 0. The minimum absolute atomic E-state index is 0.383. The van der Waals surface area contributed by atoms with E-state index >= 15 is 0 Å². The summed E-state index contributed by atoms with van der Waals surface area (Å²) in [5.74, 6) is 0.383. The van der Waals surface area contributed by atoms with Crippen molar-refractivity contribution >= 4 is 6.08 Å². The second-order valence-corrected chi connectivity index (χ2v) is 1.92. The summed E-state index contributed by atoms with van der Waals surface area (Å²) >= 11 is 0. The van der Waals surface area contributed by atoms with Crippen LogP contribution in [0.25, 0.3) is 6.08 Å². The maximum Gasteiger partial charge on any atom is 0.147 e. The zero-order valence-electron chi connectivity index (χ0n) is 5.76. The number of hydrogen-bond donors (Lipinski definition) is 1. The van der Waals surface area contributed by atoms with E-state index in [4.69, 9.17) is 0 Å². The van der Waals surface area contributed by atoms with Gasteiger partial charge in [-0.1, -0.05) is 6.08 Å². The molecule has 1 N–H and O–H groups in total. The molecule has 0 aliphatic carbocycles. The van der Waals surface area contributed by atoms with Crippen LogP contribution in [0, 0.1) is 0 Å². The third kappa shape index (κ3) is 1.43. The number of nitrogens with one attached hydrogen (secondary N) is 1. The van der Waals surface area contributed by atoms with E-state index in [0.29, 0.717) is 5.82 Å². The number of allylic oxidation sites excluding steroid dienone is 1. The molecule has 1 aromatic heterocycles. The van der Waals surface area contributed by atoms with Gasteiger partial charge in [0.2, 0.25) is 0 Å². The van der Waals surface area contributed by atoms with Gasteiger partial charge in [0, 0.05) is 0 Å². The maximum absolute atomic E-state index is 11.9. The van der Waals surface area contributed by atoms with Crippen molar-refractivity contribution in [1.82, 2.24) is 9.97 Å². The van der Waals surface area contributed by atoms with Crippen LogP contribution in [0.15, 0.2) is 12.3 Å². The lowest BCUT2D eigenvalue weighted by Crippen LogP contribution is -1.79. The summed E-state index contributed by atoms with van der Waals surface area (Å²) in [5, 5.41) is 0. The van der Waals surface area contributed by atoms with Crippen LogP contribution in [-0.4, -0.2) is 9.97 Å². The second kappa shape index (κ2) is 3.15. The van der Waals surface area contributed by atoms with Gasteiger partial charge >= 0.3 is 0 Å². The number of halogens is 1. The Morgan fingerprint density at radius 1 is 1.80 bits per heavy atom. The Kier molecular flexibility index (Phi) is 2.20. The molecule has 0 unspecified atom stereocenters. The first-order valence-corrected chi connectivity index (χ1v) is 3.09. The molecular weight excluding hydrogens is 131 g/mol. The molecule has 1 heterocycles. The highest BCUT2D eigenvalue weighted by atomic mass is 19.1. The van der Waals surface area contributed by atoms with E-state index in [0.717, 1.165) is 5.69 Å². The molecule has 3 heteroatoms. The first kappa shape index (κ1) is 6.99. The van der Waals surface area contributed by atoms with Gasteiger partial charge < -0.3 is 4.98 Å². The minimum Gasteiger partial charge on any atom is -0.340 e. The molecule has 0 aliphatic heterocycles. The van der Waals surface area contributed by atoms with Crippen molar-refractivity contribution in [3.63, 3.8) is 0 Å².